The number of ether oxygens (including phenoxy) is 1. The Morgan fingerprint density at radius 1 is 1.06 bits per heavy atom. The fourth-order valence-corrected chi connectivity index (χ4v) is 4.09. The standard InChI is InChI=1S/C27H18F2N4O2/c1-16-9-21(13-31-32-16)19-7-5-17(6-8-19)14-33-15-20-3-2-4-24(25(20)27(33)34)35-26-22(28)10-18(12-30)11-23(26)29/h2-11,13H,14-15H2,1H3. The predicted octanol–water partition coefficient (Wildman–Crippen LogP) is 5.55. The number of hydrogen-bond acceptors (Lipinski definition) is 5. The quantitative estimate of drug-likeness (QED) is 0.384. The first-order chi connectivity index (χ1) is 16.9. The summed E-state index contributed by atoms with van der Waals surface area (Å²) in [5.41, 5.74) is 4.52. The number of carbonyl (C=O) groups excluding carboxylic acids is 1. The van der Waals surface area contributed by atoms with Crippen molar-refractivity contribution in [2.24, 2.45) is 0 Å². The van der Waals surface area contributed by atoms with Crippen molar-refractivity contribution in [1.82, 2.24) is 15.1 Å². The van der Waals surface area contributed by atoms with Crippen LogP contribution in [0.4, 0.5) is 8.78 Å². The van der Waals surface area contributed by atoms with Gasteiger partial charge in [-0.05, 0) is 47.9 Å². The summed E-state index contributed by atoms with van der Waals surface area (Å²) < 4.78 is 34.2. The van der Waals surface area contributed by atoms with Crippen molar-refractivity contribution < 1.29 is 18.3 Å². The van der Waals surface area contributed by atoms with E-state index in [1.165, 1.54) is 6.07 Å². The average molecular weight is 468 g/mol. The minimum absolute atomic E-state index is 0.0633. The molecule has 0 aliphatic carbocycles. The van der Waals surface area contributed by atoms with E-state index in [9.17, 15) is 13.6 Å². The molecule has 1 aliphatic rings. The van der Waals surface area contributed by atoms with Crippen LogP contribution in [0.2, 0.25) is 0 Å². The molecule has 3 aromatic carbocycles. The highest BCUT2D eigenvalue weighted by Crippen LogP contribution is 2.36. The van der Waals surface area contributed by atoms with Crippen molar-refractivity contribution in [2.45, 2.75) is 20.0 Å². The van der Waals surface area contributed by atoms with Gasteiger partial charge >= 0.3 is 0 Å². The molecule has 0 atom stereocenters. The van der Waals surface area contributed by atoms with Crippen molar-refractivity contribution in [3.05, 3.63) is 106 Å². The fraction of sp³-hybridized carbons (Fsp3) is 0.111. The molecule has 4 aromatic rings. The zero-order valence-electron chi connectivity index (χ0n) is 18.6. The highest BCUT2D eigenvalue weighted by molar-refractivity contribution is 6.01. The lowest BCUT2D eigenvalue weighted by molar-refractivity contribution is 0.0764. The van der Waals surface area contributed by atoms with Crippen LogP contribution >= 0.6 is 0 Å². The van der Waals surface area contributed by atoms with E-state index in [1.807, 2.05) is 37.3 Å². The molecule has 172 valence electrons. The maximum Gasteiger partial charge on any atom is 0.258 e. The van der Waals surface area contributed by atoms with Crippen LogP contribution in [0.1, 0.15) is 32.7 Å². The van der Waals surface area contributed by atoms with Crippen LogP contribution in [0.25, 0.3) is 11.1 Å². The van der Waals surface area contributed by atoms with Gasteiger partial charge in [0, 0.05) is 18.7 Å². The Hall–Kier alpha value is -4.64. The summed E-state index contributed by atoms with van der Waals surface area (Å²) in [6.07, 6.45) is 1.70. The molecule has 2 heterocycles. The molecule has 8 heteroatoms. The van der Waals surface area contributed by atoms with E-state index in [2.05, 4.69) is 10.2 Å². The topological polar surface area (TPSA) is 79.1 Å². The molecule has 5 rings (SSSR count). The zero-order chi connectivity index (χ0) is 24.5. The number of amides is 1. The van der Waals surface area contributed by atoms with Gasteiger partial charge in [-0.15, -0.1) is 0 Å². The number of hydrogen-bond donors (Lipinski definition) is 0. The second-order valence-corrected chi connectivity index (χ2v) is 8.22. The normalized spacial score (nSPS) is 12.4. The summed E-state index contributed by atoms with van der Waals surface area (Å²) >= 11 is 0. The van der Waals surface area contributed by atoms with Gasteiger partial charge in [-0.1, -0.05) is 36.4 Å². The molecule has 0 bridgehead atoms. The largest absolute Gasteiger partial charge is 0.450 e. The SMILES string of the molecule is Cc1cc(-c2ccc(CN3Cc4cccc(Oc5c(F)cc(C#N)cc5F)c4C3=O)cc2)cnn1. The molecule has 1 aromatic heterocycles. The van der Waals surface area contributed by atoms with Gasteiger partial charge in [-0.25, -0.2) is 8.78 Å². The van der Waals surface area contributed by atoms with Gasteiger partial charge in [-0.3, -0.25) is 4.79 Å². The van der Waals surface area contributed by atoms with Gasteiger partial charge in [0.1, 0.15) is 5.75 Å². The number of aromatic nitrogens is 2. The van der Waals surface area contributed by atoms with Gasteiger partial charge in [0.15, 0.2) is 17.4 Å². The lowest BCUT2D eigenvalue weighted by atomic mass is 10.1. The first-order valence-corrected chi connectivity index (χ1v) is 10.8. The van der Waals surface area contributed by atoms with Crippen LogP contribution in [0.3, 0.4) is 0 Å². The fourth-order valence-electron chi connectivity index (χ4n) is 4.09. The first kappa shape index (κ1) is 22.2. The van der Waals surface area contributed by atoms with E-state index < -0.39 is 17.4 Å². The summed E-state index contributed by atoms with van der Waals surface area (Å²) in [7, 11) is 0. The summed E-state index contributed by atoms with van der Waals surface area (Å²) in [6.45, 7) is 2.59. The van der Waals surface area contributed by atoms with Gasteiger partial charge in [0.25, 0.3) is 5.91 Å². The lowest BCUT2D eigenvalue weighted by Gasteiger charge is -2.16. The predicted molar refractivity (Wildman–Crippen MR) is 123 cm³/mol. The Morgan fingerprint density at radius 2 is 1.80 bits per heavy atom. The third kappa shape index (κ3) is 4.32. The molecular formula is C27H18F2N4O2. The maximum atomic E-state index is 14.4. The van der Waals surface area contributed by atoms with E-state index in [1.54, 1.807) is 29.3 Å². The van der Waals surface area contributed by atoms with E-state index in [0.29, 0.717) is 18.7 Å². The Morgan fingerprint density at radius 3 is 2.49 bits per heavy atom. The Bertz CT molecular complexity index is 1470. The highest BCUT2D eigenvalue weighted by Gasteiger charge is 2.31. The van der Waals surface area contributed by atoms with Crippen molar-refractivity contribution in [1.29, 1.82) is 5.26 Å². The van der Waals surface area contributed by atoms with Gasteiger partial charge in [-0.2, -0.15) is 15.5 Å². The van der Waals surface area contributed by atoms with Crippen LogP contribution in [0.5, 0.6) is 11.5 Å². The van der Waals surface area contributed by atoms with Gasteiger partial charge < -0.3 is 9.64 Å². The number of nitriles is 1. The minimum Gasteiger partial charge on any atom is -0.450 e. The van der Waals surface area contributed by atoms with E-state index in [-0.39, 0.29) is 22.8 Å². The summed E-state index contributed by atoms with van der Waals surface area (Å²) in [5.74, 6) is -2.90. The third-order valence-electron chi connectivity index (χ3n) is 5.75. The number of carbonyl (C=O) groups is 1. The summed E-state index contributed by atoms with van der Waals surface area (Å²) in [5, 5.41) is 16.8. The van der Waals surface area contributed by atoms with Crippen LogP contribution in [0.15, 0.2) is 66.9 Å². The van der Waals surface area contributed by atoms with Crippen LogP contribution < -0.4 is 4.74 Å². The van der Waals surface area contributed by atoms with Gasteiger partial charge in [0.05, 0.1) is 29.1 Å². The minimum atomic E-state index is -1.01. The van der Waals surface area contributed by atoms with Crippen molar-refractivity contribution in [3.8, 4) is 28.7 Å². The second-order valence-electron chi connectivity index (χ2n) is 8.22. The Labute approximate surface area is 200 Å². The smallest absolute Gasteiger partial charge is 0.258 e. The Kier molecular flexibility index (Phi) is 5.67. The third-order valence-corrected chi connectivity index (χ3v) is 5.75. The van der Waals surface area contributed by atoms with Crippen molar-refractivity contribution in [3.63, 3.8) is 0 Å². The van der Waals surface area contributed by atoms with Crippen LogP contribution in [-0.4, -0.2) is 21.0 Å². The average Bonchev–Trinajstić information content (AvgIpc) is 3.17. The summed E-state index contributed by atoms with van der Waals surface area (Å²) in [4.78, 5) is 14.9. The molecule has 0 spiro atoms. The molecule has 0 radical (unpaired) electrons. The lowest BCUT2D eigenvalue weighted by Crippen LogP contribution is -2.23. The van der Waals surface area contributed by atoms with Crippen molar-refractivity contribution >= 4 is 5.91 Å². The number of benzene rings is 3. The monoisotopic (exact) mass is 468 g/mol. The molecule has 0 N–H and O–H groups in total. The molecule has 35 heavy (non-hydrogen) atoms. The Balaban J connectivity index is 1.36. The molecule has 0 fully saturated rings. The number of rotatable bonds is 5. The molecular weight excluding hydrogens is 450 g/mol. The molecule has 1 amide bonds. The van der Waals surface area contributed by atoms with Gasteiger partial charge in [0.2, 0.25) is 0 Å². The van der Waals surface area contributed by atoms with Crippen LogP contribution in [0, 0.1) is 29.9 Å². The maximum absolute atomic E-state index is 14.4. The van der Waals surface area contributed by atoms with Crippen LogP contribution in [-0.2, 0) is 13.1 Å². The molecule has 1 aliphatic heterocycles. The first-order valence-electron chi connectivity index (χ1n) is 10.8. The van der Waals surface area contributed by atoms with Crippen molar-refractivity contribution in [2.75, 3.05) is 0 Å². The molecule has 6 nitrogen and oxygen atoms in total. The van der Waals surface area contributed by atoms with E-state index in [0.717, 1.165) is 34.5 Å². The van der Waals surface area contributed by atoms with E-state index >= 15 is 0 Å². The second kappa shape index (κ2) is 8.95. The molecule has 0 saturated carbocycles. The molecule has 0 saturated heterocycles. The highest BCUT2D eigenvalue weighted by atomic mass is 19.1. The zero-order valence-corrected chi connectivity index (χ0v) is 18.6. The number of nitrogens with zero attached hydrogens (tertiary/aromatic N) is 4. The number of fused-ring (bicyclic) bond motifs is 1. The number of halogens is 2. The summed E-state index contributed by atoms with van der Waals surface area (Å²) in [6, 6.07) is 18.2. The number of aryl methyl sites for hydroxylation is 1. The molecule has 0 unspecified atom stereocenters. The van der Waals surface area contributed by atoms with E-state index in [4.69, 9.17) is 10.00 Å².